The van der Waals surface area contributed by atoms with Gasteiger partial charge in [-0.3, -0.25) is 0 Å². The Labute approximate surface area is 87.0 Å². The average molecular weight is 239 g/mol. The van der Waals surface area contributed by atoms with Gasteiger partial charge in [-0.2, -0.15) is 5.10 Å². The van der Waals surface area contributed by atoms with Gasteiger partial charge in [0.1, 0.15) is 0 Å². The third-order valence-electron chi connectivity index (χ3n) is 1.46. The van der Waals surface area contributed by atoms with Crippen LogP contribution in [0.1, 0.15) is 13.8 Å². The molecule has 0 aliphatic rings. The Balaban J connectivity index is 3.20. The number of hydrogen-bond acceptors (Lipinski definition) is 4. The standard InChI is InChI=1S/C7H11ClN2O3S/c1-5(2)13-7-6(14(8,11)12)4-9-10(7)3/h4-5H,1-3H3. The van der Waals surface area contributed by atoms with Crippen molar-refractivity contribution >= 4 is 19.7 Å². The Morgan fingerprint density at radius 1 is 1.57 bits per heavy atom. The molecule has 0 radical (unpaired) electrons. The molecule has 0 amide bonds. The van der Waals surface area contributed by atoms with Crippen molar-refractivity contribution in [1.29, 1.82) is 0 Å². The van der Waals surface area contributed by atoms with E-state index >= 15 is 0 Å². The number of hydrogen-bond donors (Lipinski definition) is 0. The molecular formula is C7H11ClN2O3S. The summed E-state index contributed by atoms with van der Waals surface area (Å²) in [5.74, 6) is 0.162. The van der Waals surface area contributed by atoms with E-state index in [-0.39, 0.29) is 16.9 Å². The molecule has 1 heterocycles. The lowest BCUT2D eigenvalue weighted by molar-refractivity contribution is 0.215. The summed E-state index contributed by atoms with van der Waals surface area (Å²) in [5.41, 5.74) is 0. The van der Waals surface area contributed by atoms with E-state index in [2.05, 4.69) is 5.10 Å². The first-order valence-corrected chi connectivity index (χ1v) is 6.26. The van der Waals surface area contributed by atoms with Gasteiger partial charge < -0.3 is 4.74 Å². The van der Waals surface area contributed by atoms with Crippen LogP contribution in [0, 0.1) is 0 Å². The van der Waals surface area contributed by atoms with Crippen LogP contribution < -0.4 is 4.74 Å². The molecule has 0 spiro atoms. The summed E-state index contributed by atoms with van der Waals surface area (Å²) in [5, 5.41) is 3.76. The minimum atomic E-state index is -3.79. The molecule has 80 valence electrons. The van der Waals surface area contributed by atoms with E-state index in [1.165, 1.54) is 10.9 Å². The van der Waals surface area contributed by atoms with E-state index in [0.29, 0.717) is 0 Å². The molecule has 0 aromatic carbocycles. The van der Waals surface area contributed by atoms with Gasteiger partial charge in [0.25, 0.3) is 9.05 Å². The van der Waals surface area contributed by atoms with Crippen LogP contribution in [0.3, 0.4) is 0 Å². The summed E-state index contributed by atoms with van der Waals surface area (Å²) in [6.45, 7) is 3.58. The molecule has 14 heavy (non-hydrogen) atoms. The van der Waals surface area contributed by atoms with Gasteiger partial charge in [-0.1, -0.05) is 0 Å². The van der Waals surface area contributed by atoms with E-state index in [9.17, 15) is 8.42 Å². The molecule has 1 aromatic rings. The van der Waals surface area contributed by atoms with E-state index in [1.807, 2.05) is 0 Å². The van der Waals surface area contributed by atoms with E-state index in [4.69, 9.17) is 15.4 Å². The van der Waals surface area contributed by atoms with Gasteiger partial charge in [0.05, 0.1) is 12.3 Å². The number of halogens is 1. The summed E-state index contributed by atoms with van der Waals surface area (Å²) in [7, 11) is 2.99. The first-order chi connectivity index (χ1) is 6.32. The summed E-state index contributed by atoms with van der Waals surface area (Å²) in [6, 6.07) is 0. The zero-order valence-electron chi connectivity index (χ0n) is 8.06. The van der Waals surface area contributed by atoms with Crippen LogP contribution in [0.5, 0.6) is 5.88 Å². The van der Waals surface area contributed by atoms with Crippen molar-refractivity contribution in [2.24, 2.45) is 7.05 Å². The quantitative estimate of drug-likeness (QED) is 0.741. The summed E-state index contributed by atoms with van der Waals surface area (Å²) < 4.78 is 28.8. The number of nitrogens with zero attached hydrogens (tertiary/aromatic N) is 2. The lowest BCUT2D eigenvalue weighted by Crippen LogP contribution is -2.10. The van der Waals surface area contributed by atoms with Crippen molar-refractivity contribution in [3.05, 3.63) is 6.20 Å². The van der Waals surface area contributed by atoms with Crippen LogP contribution in [0.25, 0.3) is 0 Å². The topological polar surface area (TPSA) is 61.2 Å². The summed E-state index contributed by atoms with van der Waals surface area (Å²) in [6.07, 6.45) is 1.03. The van der Waals surface area contributed by atoms with Crippen molar-refractivity contribution in [2.75, 3.05) is 0 Å². The van der Waals surface area contributed by atoms with Crippen molar-refractivity contribution in [3.8, 4) is 5.88 Å². The maximum absolute atomic E-state index is 11.1. The number of ether oxygens (including phenoxy) is 1. The smallest absolute Gasteiger partial charge is 0.268 e. The largest absolute Gasteiger partial charge is 0.474 e. The van der Waals surface area contributed by atoms with Gasteiger partial charge >= 0.3 is 0 Å². The van der Waals surface area contributed by atoms with Crippen molar-refractivity contribution in [2.45, 2.75) is 24.8 Å². The molecular weight excluding hydrogens is 228 g/mol. The Bertz CT molecular complexity index is 424. The number of aryl methyl sites for hydroxylation is 1. The molecule has 0 fully saturated rings. The van der Waals surface area contributed by atoms with Crippen LogP contribution >= 0.6 is 10.7 Å². The van der Waals surface area contributed by atoms with Crippen LogP contribution in [0.15, 0.2) is 11.1 Å². The van der Waals surface area contributed by atoms with Gasteiger partial charge in [0.2, 0.25) is 5.88 Å². The third-order valence-corrected chi connectivity index (χ3v) is 2.77. The molecule has 7 heteroatoms. The molecule has 1 aromatic heterocycles. The van der Waals surface area contributed by atoms with Crippen LogP contribution in [0.2, 0.25) is 0 Å². The van der Waals surface area contributed by atoms with E-state index < -0.39 is 9.05 Å². The second-order valence-electron chi connectivity index (χ2n) is 3.04. The van der Waals surface area contributed by atoms with Crippen LogP contribution in [0.4, 0.5) is 0 Å². The molecule has 0 aliphatic carbocycles. The van der Waals surface area contributed by atoms with Gasteiger partial charge in [-0.15, -0.1) is 0 Å². The van der Waals surface area contributed by atoms with Crippen molar-refractivity contribution in [1.82, 2.24) is 9.78 Å². The fourth-order valence-electron chi connectivity index (χ4n) is 0.931. The Kier molecular flexibility index (Phi) is 3.06. The Morgan fingerprint density at radius 2 is 2.14 bits per heavy atom. The van der Waals surface area contributed by atoms with E-state index in [1.54, 1.807) is 20.9 Å². The Morgan fingerprint density at radius 3 is 2.57 bits per heavy atom. The molecule has 0 unspecified atom stereocenters. The molecule has 1 rings (SSSR count). The molecule has 0 atom stereocenters. The molecule has 0 aliphatic heterocycles. The second kappa shape index (κ2) is 3.78. The molecule has 5 nitrogen and oxygen atoms in total. The van der Waals surface area contributed by atoms with Crippen molar-refractivity contribution < 1.29 is 13.2 Å². The van der Waals surface area contributed by atoms with Gasteiger partial charge in [-0.25, -0.2) is 13.1 Å². The number of aromatic nitrogens is 2. The predicted octanol–water partition coefficient (Wildman–Crippen LogP) is 1.13. The van der Waals surface area contributed by atoms with E-state index in [0.717, 1.165) is 0 Å². The third kappa shape index (κ3) is 2.39. The number of rotatable bonds is 3. The maximum atomic E-state index is 11.1. The van der Waals surface area contributed by atoms with Crippen LogP contribution in [-0.2, 0) is 16.1 Å². The van der Waals surface area contributed by atoms with Gasteiger partial charge in [0, 0.05) is 17.7 Å². The Hall–Kier alpha value is -0.750. The summed E-state index contributed by atoms with van der Waals surface area (Å²) in [4.78, 5) is -0.102. The minimum absolute atomic E-state index is 0.102. The fraction of sp³-hybridized carbons (Fsp3) is 0.571. The summed E-state index contributed by atoms with van der Waals surface area (Å²) >= 11 is 0. The first kappa shape index (κ1) is 11.3. The first-order valence-electron chi connectivity index (χ1n) is 3.95. The molecule has 0 bridgehead atoms. The zero-order valence-corrected chi connectivity index (χ0v) is 9.63. The maximum Gasteiger partial charge on any atom is 0.268 e. The fourth-order valence-corrected chi connectivity index (χ4v) is 1.81. The highest BCUT2D eigenvalue weighted by Gasteiger charge is 2.22. The van der Waals surface area contributed by atoms with Gasteiger partial charge in [0.15, 0.2) is 4.90 Å². The normalized spacial score (nSPS) is 12.1. The highest BCUT2D eigenvalue weighted by atomic mass is 35.7. The highest BCUT2D eigenvalue weighted by molar-refractivity contribution is 8.13. The highest BCUT2D eigenvalue weighted by Crippen LogP contribution is 2.26. The minimum Gasteiger partial charge on any atom is -0.474 e. The second-order valence-corrected chi connectivity index (χ2v) is 5.58. The lowest BCUT2D eigenvalue weighted by atomic mass is 10.5. The molecule has 0 saturated carbocycles. The van der Waals surface area contributed by atoms with Crippen LogP contribution in [-0.4, -0.2) is 24.3 Å². The molecule has 0 N–H and O–H groups in total. The monoisotopic (exact) mass is 238 g/mol. The lowest BCUT2D eigenvalue weighted by Gasteiger charge is -2.10. The zero-order chi connectivity index (χ0) is 10.9. The predicted molar refractivity (Wildman–Crippen MR) is 52.0 cm³/mol. The van der Waals surface area contributed by atoms with Gasteiger partial charge in [-0.05, 0) is 13.8 Å². The average Bonchev–Trinajstić information content (AvgIpc) is 2.30. The SMILES string of the molecule is CC(C)Oc1c(S(=O)(=O)Cl)cnn1C. The molecule has 0 saturated heterocycles. The van der Waals surface area contributed by atoms with Crippen molar-refractivity contribution in [3.63, 3.8) is 0 Å².